The van der Waals surface area contributed by atoms with E-state index >= 15 is 0 Å². The first-order valence-corrected chi connectivity index (χ1v) is 7.51. The summed E-state index contributed by atoms with van der Waals surface area (Å²) in [6, 6.07) is 7.64. The first-order chi connectivity index (χ1) is 7.90. The summed E-state index contributed by atoms with van der Waals surface area (Å²) < 4.78 is 27.2. The number of hydrogen-bond donors (Lipinski definition) is 1. The minimum atomic E-state index is -2.92. The van der Waals surface area contributed by atoms with Gasteiger partial charge in [-0.15, -0.1) is 0 Å². The Morgan fingerprint density at radius 3 is 2.35 bits per heavy atom. The molecule has 0 aromatic heterocycles. The van der Waals surface area contributed by atoms with Gasteiger partial charge < -0.3 is 10.1 Å². The van der Waals surface area contributed by atoms with E-state index < -0.39 is 9.84 Å². The van der Waals surface area contributed by atoms with Crippen LogP contribution in [-0.2, 0) is 16.4 Å². The summed E-state index contributed by atoms with van der Waals surface area (Å²) in [5.41, 5.74) is 1.10. The number of methoxy groups -OCH3 is 1. The van der Waals surface area contributed by atoms with Crippen LogP contribution >= 0.6 is 0 Å². The fraction of sp³-hybridized carbons (Fsp3) is 0.500. The predicted octanol–water partition coefficient (Wildman–Crippen LogP) is 1.22. The SMILES string of the molecule is COc1ccc(CNC(C)CS(C)(=O)=O)cc1. The second kappa shape index (κ2) is 6.02. The molecule has 0 aliphatic heterocycles. The normalized spacial score (nSPS) is 13.4. The minimum Gasteiger partial charge on any atom is -0.497 e. The summed E-state index contributed by atoms with van der Waals surface area (Å²) in [4.78, 5) is 0. The highest BCUT2D eigenvalue weighted by Crippen LogP contribution is 2.11. The molecule has 0 spiro atoms. The predicted molar refractivity (Wildman–Crippen MR) is 69.0 cm³/mol. The van der Waals surface area contributed by atoms with Crippen molar-refractivity contribution in [2.24, 2.45) is 0 Å². The molecule has 1 aromatic rings. The van der Waals surface area contributed by atoms with Gasteiger partial charge >= 0.3 is 0 Å². The van der Waals surface area contributed by atoms with E-state index in [1.807, 2.05) is 31.2 Å². The van der Waals surface area contributed by atoms with Crippen molar-refractivity contribution in [1.82, 2.24) is 5.32 Å². The first kappa shape index (κ1) is 14.0. The first-order valence-electron chi connectivity index (χ1n) is 5.45. The van der Waals surface area contributed by atoms with Crippen molar-refractivity contribution in [3.63, 3.8) is 0 Å². The third-order valence-electron chi connectivity index (χ3n) is 2.37. The van der Waals surface area contributed by atoms with E-state index in [9.17, 15) is 8.42 Å². The van der Waals surface area contributed by atoms with Crippen molar-refractivity contribution >= 4 is 9.84 Å². The Morgan fingerprint density at radius 1 is 1.29 bits per heavy atom. The molecule has 5 heteroatoms. The van der Waals surface area contributed by atoms with Crippen LogP contribution in [0.5, 0.6) is 5.75 Å². The van der Waals surface area contributed by atoms with Gasteiger partial charge in [0.25, 0.3) is 0 Å². The number of rotatable bonds is 6. The molecule has 0 aliphatic rings. The van der Waals surface area contributed by atoms with Gasteiger partial charge in [-0.2, -0.15) is 0 Å². The third kappa shape index (κ3) is 5.70. The van der Waals surface area contributed by atoms with Crippen LogP contribution in [0.4, 0.5) is 0 Å². The van der Waals surface area contributed by atoms with Crippen molar-refractivity contribution in [3.8, 4) is 5.75 Å². The zero-order valence-electron chi connectivity index (χ0n) is 10.4. The number of hydrogen-bond acceptors (Lipinski definition) is 4. The highest BCUT2D eigenvalue weighted by Gasteiger charge is 2.09. The average Bonchev–Trinajstić information content (AvgIpc) is 2.25. The van der Waals surface area contributed by atoms with E-state index in [1.165, 1.54) is 6.26 Å². The zero-order chi connectivity index (χ0) is 12.9. The number of ether oxygens (including phenoxy) is 1. The molecule has 1 aromatic carbocycles. The minimum absolute atomic E-state index is 0.0490. The summed E-state index contributed by atoms with van der Waals surface area (Å²) in [5.74, 6) is 0.973. The summed E-state index contributed by atoms with van der Waals surface area (Å²) >= 11 is 0. The fourth-order valence-corrected chi connectivity index (χ4v) is 2.57. The van der Waals surface area contributed by atoms with Crippen molar-refractivity contribution < 1.29 is 13.2 Å². The molecule has 1 N–H and O–H groups in total. The van der Waals surface area contributed by atoms with Crippen LogP contribution in [0.2, 0.25) is 0 Å². The molecule has 96 valence electrons. The van der Waals surface area contributed by atoms with Crippen molar-refractivity contribution in [1.29, 1.82) is 0 Å². The molecule has 0 aliphatic carbocycles. The summed E-state index contributed by atoms with van der Waals surface area (Å²) in [5, 5.41) is 3.17. The Morgan fingerprint density at radius 2 is 1.88 bits per heavy atom. The largest absolute Gasteiger partial charge is 0.497 e. The topological polar surface area (TPSA) is 55.4 Å². The zero-order valence-corrected chi connectivity index (χ0v) is 11.3. The molecule has 4 nitrogen and oxygen atoms in total. The lowest BCUT2D eigenvalue weighted by molar-refractivity contribution is 0.414. The molecule has 0 heterocycles. The lowest BCUT2D eigenvalue weighted by atomic mass is 10.2. The van der Waals surface area contributed by atoms with E-state index in [-0.39, 0.29) is 11.8 Å². The van der Waals surface area contributed by atoms with Gasteiger partial charge in [0.2, 0.25) is 0 Å². The molecule has 17 heavy (non-hydrogen) atoms. The molecule has 1 rings (SSSR count). The molecular formula is C12H19NO3S. The van der Waals surface area contributed by atoms with Crippen LogP contribution < -0.4 is 10.1 Å². The van der Waals surface area contributed by atoms with Gasteiger partial charge in [0.1, 0.15) is 15.6 Å². The molecule has 0 fully saturated rings. The van der Waals surface area contributed by atoms with Gasteiger partial charge in [0, 0.05) is 18.8 Å². The summed E-state index contributed by atoms with van der Waals surface area (Å²) in [6.07, 6.45) is 1.25. The third-order valence-corrected chi connectivity index (χ3v) is 3.47. The molecular weight excluding hydrogens is 238 g/mol. The Labute approximate surface area is 103 Å². The Hall–Kier alpha value is -1.07. The van der Waals surface area contributed by atoms with Gasteiger partial charge in [-0.3, -0.25) is 0 Å². The van der Waals surface area contributed by atoms with Crippen LogP contribution in [0, 0.1) is 0 Å². The van der Waals surface area contributed by atoms with E-state index in [0.717, 1.165) is 11.3 Å². The molecule has 1 atom stereocenters. The second-order valence-corrected chi connectivity index (χ2v) is 6.41. The monoisotopic (exact) mass is 257 g/mol. The molecule has 0 radical (unpaired) electrons. The van der Waals surface area contributed by atoms with Crippen LogP contribution in [-0.4, -0.2) is 33.6 Å². The van der Waals surface area contributed by atoms with Crippen molar-refractivity contribution in [3.05, 3.63) is 29.8 Å². The van der Waals surface area contributed by atoms with E-state index in [0.29, 0.717) is 6.54 Å². The van der Waals surface area contributed by atoms with Gasteiger partial charge in [0.05, 0.1) is 12.9 Å². The molecule has 0 saturated carbocycles. The maximum atomic E-state index is 11.1. The van der Waals surface area contributed by atoms with E-state index in [1.54, 1.807) is 7.11 Å². The lowest BCUT2D eigenvalue weighted by Gasteiger charge is -2.12. The Kier molecular flexibility index (Phi) is 4.96. The van der Waals surface area contributed by atoms with Crippen LogP contribution in [0.25, 0.3) is 0 Å². The van der Waals surface area contributed by atoms with E-state index in [4.69, 9.17) is 4.74 Å². The highest BCUT2D eigenvalue weighted by molar-refractivity contribution is 7.90. The molecule has 0 saturated heterocycles. The van der Waals surface area contributed by atoms with Crippen molar-refractivity contribution in [2.75, 3.05) is 19.1 Å². The maximum absolute atomic E-state index is 11.1. The Balaban J connectivity index is 2.44. The molecule has 0 bridgehead atoms. The fourth-order valence-electron chi connectivity index (χ4n) is 1.55. The van der Waals surface area contributed by atoms with Crippen LogP contribution in [0.3, 0.4) is 0 Å². The lowest BCUT2D eigenvalue weighted by Crippen LogP contribution is -2.32. The highest BCUT2D eigenvalue weighted by atomic mass is 32.2. The van der Waals surface area contributed by atoms with Gasteiger partial charge in [-0.05, 0) is 24.6 Å². The van der Waals surface area contributed by atoms with Crippen LogP contribution in [0.1, 0.15) is 12.5 Å². The molecule has 0 amide bonds. The molecule has 1 unspecified atom stereocenters. The van der Waals surface area contributed by atoms with Crippen LogP contribution in [0.15, 0.2) is 24.3 Å². The number of nitrogens with one attached hydrogen (secondary N) is 1. The Bertz CT molecular complexity index is 439. The maximum Gasteiger partial charge on any atom is 0.148 e. The standard InChI is InChI=1S/C12H19NO3S/c1-10(9-17(3,14)15)13-8-11-4-6-12(16-2)7-5-11/h4-7,10,13H,8-9H2,1-3H3. The smallest absolute Gasteiger partial charge is 0.148 e. The van der Waals surface area contributed by atoms with Crippen molar-refractivity contribution in [2.45, 2.75) is 19.5 Å². The summed E-state index contributed by atoms with van der Waals surface area (Å²) in [7, 11) is -1.29. The number of sulfone groups is 1. The van der Waals surface area contributed by atoms with E-state index in [2.05, 4.69) is 5.32 Å². The van der Waals surface area contributed by atoms with Gasteiger partial charge in [-0.1, -0.05) is 12.1 Å². The second-order valence-electron chi connectivity index (χ2n) is 4.22. The summed E-state index contributed by atoms with van der Waals surface area (Å²) in [6.45, 7) is 2.52. The number of benzene rings is 1. The van der Waals surface area contributed by atoms with Gasteiger partial charge in [0.15, 0.2) is 0 Å². The quantitative estimate of drug-likeness (QED) is 0.832. The van der Waals surface area contributed by atoms with Gasteiger partial charge in [-0.25, -0.2) is 8.42 Å². The average molecular weight is 257 g/mol.